The lowest BCUT2D eigenvalue weighted by atomic mass is 9.85. The van der Waals surface area contributed by atoms with E-state index in [0.717, 1.165) is 19.6 Å². The molecule has 148 valence electrons. The zero-order chi connectivity index (χ0) is 22.2. The van der Waals surface area contributed by atoms with Crippen molar-refractivity contribution >= 4 is 5.78 Å². The molecule has 1 aliphatic carbocycles. The Morgan fingerprint density at radius 2 is 1.79 bits per heavy atom. The standard InChI is InChI=1S/C24H29NO3/c1-27-22-14-19-13-20(24(26)21(19)15-23(22)28-2)12-17-8-10-25(11-9-17)16-18-6-4-3-5-7-18/h3-7,14-15,17,20H,8-13,16H2,1-2H3/i12D2,20D. The number of hydrogen-bond donors (Lipinski definition) is 0. The number of benzene rings is 2. The monoisotopic (exact) mass is 382 g/mol. The molecule has 0 aromatic heterocycles. The molecule has 2 aliphatic rings. The van der Waals surface area contributed by atoms with Gasteiger partial charge in [0.25, 0.3) is 0 Å². The third kappa shape index (κ3) is 3.93. The lowest BCUT2D eigenvalue weighted by molar-refractivity contribution is 0.0895. The van der Waals surface area contributed by atoms with Gasteiger partial charge in [0.05, 0.1) is 14.2 Å². The normalized spacial score (nSPS) is 24.9. The molecular formula is C24H29NO3. The Morgan fingerprint density at radius 3 is 2.46 bits per heavy atom. The van der Waals surface area contributed by atoms with Gasteiger partial charge in [0.15, 0.2) is 17.3 Å². The van der Waals surface area contributed by atoms with Crippen LogP contribution in [-0.4, -0.2) is 38.0 Å². The van der Waals surface area contributed by atoms with E-state index in [1.165, 1.54) is 19.8 Å². The number of likely N-dealkylation sites (tertiary alicyclic amines) is 1. The summed E-state index contributed by atoms with van der Waals surface area (Å²) in [5.41, 5.74) is 2.27. The van der Waals surface area contributed by atoms with Gasteiger partial charge in [0, 0.05) is 22.1 Å². The Labute approximate surface area is 171 Å². The van der Waals surface area contributed by atoms with Gasteiger partial charge in [-0.25, -0.2) is 0 Å². The van der Waals surface area contributed by atoms with E-state index in [-0.39, 0.29) is 12.3 Å². The van der Waals surface area contributed by atoms with E-state index in [2.05, 4.69) is 17.0 Å². The van der Waals surface area contributed by atoms with E-state index < -0.39 is 18.1 Å². The van der Waals surface area contributed by atoms with Crippen LogP contribution in [0.15, 0.2) is 42.5 Å². The Kier molecular flexibility index (Phi) is 4.65. The third-order valence-corrected chi connectivity index (χ3v) is 5.71. The molecular weight excluding hydrogens is 350 g/mol. The predicted octanol–water partition coefficient (Wildman–Crippen LogP) is 4.36. The van der Waals surface area contributed by atoms with Crippen LogP contribution in [0, 0.1) is 11.8 Å². The molecule has 0 N–H and O–H groups in total. The molecule has 4 nitrogen and oxygen atoms in total. The van der Waals surface area contributed by atoms with Crippen LogP contribution < -0.4 is 9.47 Å². The van der Waals surface area contributed by atoms with Gasteiger partial charge in [-0.3, -0.25) is 9.69 Å². The fourth-order valence-electron chi connectivity index (χ4n) is 4.15. The molecule has 1 atom stereocenters. The molecule has 0 radical (unpaired) electrons. The van der Waals surface area contributed by atoms with Crippen LogP contribution in [0.4, 0.5) is 0 Å². The van der Waals surface area contributed by atoms with Gasteiger partial charge in [-0.1, -0.05) is 30.3 Å². The van der Waals surface area contributed by atoms with E-state index in [0.29, 0.717) is 35.5 Å². The molecule has 2 aromatic rings. The Hall–Kier alpha value is -2.33. The molecule has 0 amide bonds. The number of ketones is 1. The minimum atomic E-state index is -1.93. The van der Waals surface area contributed by atoms with Gasteiger partial charge >= 0.3 is 0 Å². The number of nitrogens with zero attached hydrogens (tertiary/aromatic N) is 1. The largest absolute Gasteiger partial charge is 0.493 e. The van der Waals surface area contributed by atoms with E-state index in [1.807, 2.05) is 18.2 Å². The van der Waals surface area contributed by atoms with Gasteiger partial charge < -0.3 is 9.47 Å². The predicted molar refractivity (Wildman–Crippen MR) is 110 cm³/mol. The van der Waals surface area contributed by atoms with Crippen LogP contribution in [0.3, 0.4) is 0 Å². The first-order valence-corrected chi connectivity index (χ1v) is 9.86. The van der Waals surface area contributed by atoms with Crippen LogP contribution in [0.2, 0.25) is 0 Å². The molecule has 28 heavy (non-hydrogen) atoms. The first-order chi connectivity index (χ1) is 14.8. The quantitative estimate of drug-likeness (QED) is 0.744. The van der Waals surface area contributed by atoms with Crippen molar-refractivity contribution in [3.05, 3.63) is 59.2 Å². The number of carbonyl (C=O) groups is 1. The van der Waals surface area contributed by atoms with Crippen molar-refractivity contribution in [2.75, 3.05) is 27.3 Å². The van der Waals surface area contributed by atoms with Crippen molar-refractivity contribution < 1.29 is 18.4 Å². The molecule has 0 saturated carbocycles. The van der Waals surface area contributed by atoms with E-state index >= 15 is 0 Å². The van der Waals surface area contributed by atoms with Crippen molar-refractivity contribution in [3.63, 3.8) is 0 Å². The lowest BCUT2D eigenvalue weighted by Crippen LogP contribution is -2.34. The van der Waals surface area contributed by atoms with Crippen LogP contribution >= 0.6 is 0 Å². The molecule has 0 spiro atoms. The number of carbonyl (C=O) groups excluding carboxylic acids is 1. The molecule has 1 saturated heterocycles. The Balaban J connectivity index is 1.50. The van der Waals surface area contributed by atoms with Gasteiger partial charge in [-0.15, -0.1) is 0 Å². The fraction of sp³-hybridized carbons (Fsp3) is 0.458. The van der Waals surface area contributed by atoms with Gasteiger partial charge in [0.2, 0.25) is 0 Å². The summed E-state index contributed by atoms with van der Waals surface area (Å²) in [6, 6.07) is 13.5. The summed E-state index contributed by atoms with van der Waals surface area (Å²) in [4.78, 5) is 15.6. The average Bonchev–Trinajstić information content (AvgIpc) is 3.04. The summed E-state index contributed by atoms with van der Waals surface area (Å²) in [6.45, 7) is 2.36. The number of Topliss-reactive ketones (excluding diaryl/α,β-unsaturated/α-hetero) is 1. The van der Waals surface area contributed by atoms with Crippen molar-refractivity contribution in [3.8, 4) is 11.5 Å². The zero-order valence-electron chi connectivity index (χ0n) is 19.5. The SMILES string of the molecule is [2H]C1(C([2H])([2H])C2CCN(Cc3ccccc3)CC2)Cc2cc(OC)c(OC)cc2C1=O. The molecule has 4 rings (SSSR count). The molecule has 4 heteroatoms. The minimum absolute atomic E-state index is 0.0543. The Bertz CT molecular complexity index is 958. The highest BCUT2D eigenvalue weighted by molar-refractivity contribution is 6.02. The number of rotatable bonds is 6. The van der Waals surface area contributed by atoms with Crippen LogP contribution in [0.25, 0.3) is 0 Å². The summed E-state index contributed by atoms with van der Waals surface area (Å²) >= 11 is 0. The summed E-state index contributed by atoms with van der Waals surface area (Å²) in [5.74, 6) is -1.71. The van der Waals surface area contributed by atoms with E-state index in [4.69, 9.17) is 13.6 Å². The number of methoxy groups -OCH3 is 2. The number of fused-ring (bicyclic) bond motifs is 1. The zero-order valence-corrected chi connectivity index (χ0v) is 16.5. The highest BCUT2D eigenvalue weighted by Crippen LogP contribution is 2.39. The fourth-order valence-corrected chi connectivity index (χ4v) is 4.15. The number of hydrogen-bond acceptors (Lipinski definition) is 4. The average molecular weight is 383 g/mol. The first kappa shape index (κ1) is 15.6. The smallest absolute Gasteiger partial charge is 0.166 e. The van der Waals surface area contributed by atoms with Crippen molar-refractivity contribution in [1.29, 1.82) is 0 Å². The van der Waals surface area contributed by atoms with Crippen molar-refractivity contribution in [1.82, 2.24) is 4.90 Å². The third-order valence-electron chi connectivity index (χ3n) is 5.71. The highest BCUT2D eigenvalue weighted by Gasteiger charge is 2.34. The summed E-state index contributed by atoms with van der Waals surface area (Å²) in [5, 5.41) is 0. The maximum atomic E-state index is 13.2. The van der Waals surface area contributed by atoms with Crippen LogP contribution in [0.1, 0.15) is 44.8 Å². The second-order valence-corrected chi connectivity index (χ2v) is 7.53. The number of piperidine rings is 1. The Morgan fingerprint density at radius 1 is 1.11 bits per heavy atom. The van der Waals surface area contributed by atoms with Gasteiger partial charge in [-0.05, 0) is 67.9 Å². The van der Waals surface area contributed by atoms with Gasteiger partial charge in [0.1, 0.15) is 0 Å². The van der Waals surface area contributed by atoms with E-state index in [1.54, 1.807) is 12.1 Å². The maximum Gasteiger partial charge on any atom is 0.166 e. The second-order valence-electron chi connectivity index (χ2n) is 7.53. The highest BCUT2D eigenvalue weighted by atomic mass is 16.5. The maximum absolute atomic E-state index is 13.2. The summed E-state index contributed by atoms with van der Waals surface area (Å²) < 4.78 is 37.4. The second kappa shape index (κ2) is 8.36. The van der Waals surface area contributed by atoms with Crippen LogP contribution in [0.5, 0.6) is 11.5 Å². The molecule has 0 bridgehead atoms. The van der Waals surface area contributed by atoms with Crippen molar-refractivity contribution in [2.45, 2.75) is 32.2 Å². The minimum Gasteiger partial charge on any atom is -0.493 e. The molecule has 2 aromatic carbocycles. The van der Waals surface area contributed by atoms with Gasteiger partial charge in [-0.2, -0.15) is 0 Å². The van der Waals surface area contributed by atoms with Crippen LogP contribution in [-0.2, 0) is 13.0 Å². The molecule has 1 heterocycles. The summed E-state index contributed by atoms with van der Waals surface area (Å²) in [6.07, 6.45) is -0.603. The molecule has 1 unspecified atom stereocenters. The molecule has 1 fully saturated rings. The topological polar surface area (TPSA) is 38.8 Å². The molecule has 1 aliphatic heterocycles. The lowest BCUT2D eigenvalue weighted by Gasteiger charge is -2.32. The first-order valence-electron chi connectivity index (χ1n) is 11.4. The summed E-state index contributed by atoms with van der Waals surface area (Å²) in [7, 11) is 3.03. The van der Waals surface area contributed by atoms with E-state index in [9.17, 15) is 4.79 Å². The number of ether oxygens (including phenoxy) is 2. The van der Waals surface area contributed by atoms with Crippen molar-refractivity contribution in [2.24, 2.45) is 11.8 Å².